The third-order valence-corrected chi connectivity index (χ3v) is 4.07. The van der Waals surface area contributed by atoms with Gasteiger partial charge in [-0.3, -0.25) is 14.9 Å². The lowest BCUT2D eigenvalue weighted by Crippen LogP contribution is -1.96. The molecule has 2 rings (SSSR count). The minimum absolute atomic E-state index is 0.0188. The first kappa shape index (κ1) is 14.5. The summed E-state index contributed by atoms with van der Waals surface area (Å²) in [6.07, 6.45) is 0.579. The lowest BCUT2D eigenvalue weighted by molar-refractivity contribution is -0.387. The highest BCUT2D eigenvalue weighted by Crippen LogP contribution is 2.39. The van der Waals surface area contributed by atoms with Crippen LogP contribution < -0.4 is 5.32 Å². The van der Waals surface area contributed by atoms with E-state index in [1.807, 2.05) is 6.07 Å². The van der Waals surface area contributed by atoms with Gasteiger partial charge < -0.3 is 5.32 Å². The fraction of sp³-hybridized carbons (Fsp3) is 0. The summed E-state index contributed by atoms with van der Waals surface area (Å²) in [6, 6.07) is 12.0. The molecular formula is C13H9BrN2O3S. The number of hydrogen-bond donors (Lipinski definition) is 1. The number of anilines is 1. The van der Waals surface area contributed by atoms with E-state index < -0.39 is 4.92 Å². The Morgan fingerprint density at radius 1 is 1.20 bits per heavy atom. The van der Waals surface area contributed by atoms with Gasteiger partial charge in [0, 0.05) is 15.4 Å². The molecule has 2 aromatic carbocycles. The number of carbonyl (C=O) groups excluding carboxylic acids is 1. The number of rotatable bonds is 5. The van der Waals surface area contributed by atoms with E-state index in [1.165, 1.54) is 17.8 Å². The maximum absolute atomic E-state index is 11.1. The molecule has 1 N–H and O–H groups in total. The molecule has 0 heterocycles. The summed E-state index contributed by atoms with van der Waals surface area (Å²) in [6.45, 7) is 0. The van der Waals surface area contributed by atoms with Crippen molar-refractivity contribution in [2.24, 2.45) is 0 Å². The van der Waals surface area contributed by atoms with Gasteiger partial charge in [0.2, 0.25) is 6.41 Å². The topological polar surface area (TPSA) is 72.2 Å². The van der Waals surface area contributed by atoms with Crippen LogP contribution in [0.5, 0.6) is 0 Å². The Kier molecular flexibility index (Phi) is 4.75. The van der Waals surface area contributed by atoms with Crippen LogP contribution in [0.15, 0.2) is 56.7 Å². The van der Waals surface area contributed by atoms with Crippen LogP contribution in [0, 0.1) is 10.1 Å². The van der Waals surface area contributed by atoms with Crippen LogP contribution in [0.1, 0.15) is 0 Å². The summed E-state index contributed by atoms with van der Waals surface area (Å²) >= 11 is 4.45. The predicted octanol–water partition coefficient (Wildman–Crippen LogP) is 4.08. The largest absolute Gasteiger partial charge is 0.328 e. The van der Waals surface area contributed by atoms with Gasteiger partial charge in [0.1, 0.15) is 0 Å². The first-order valence-electron chi connectivity index (χ1n) is 5.53. The zero-order valence-corrected chi connectivity index (χ0v) is 12.5. The normalized spacial score (nSPS) is 10.1. The van der Waals surface area contributed by atoms with E-state index in [2.05, 4.69) is 21.2 Å². The molecule has 20 heavy (non-hydrogen) atoms. The van der Waals surface area contributed by atoms with Crippen molar-refractivity contribution in [2.45, 2.75) is 9.79 Å². The average Bonchev–Trinajstić information content (AvgIpc) is 2.43. The third-order valence-electron chi connectivity index (χ3n) is 2.44. The molecule has 0 saturated heterocycles. The molecule has 0 spiro atoms. The molecule has 0 aliphatic rings. The van der Waals surface area contributed by atoms with Gasteiger partial charge in [0.25, 0.3) is 5.69 Å². The molecule has 0 radical (unpaired) electrons. The smallest absolute Gasteiger partial charge is 0.284 e. The number of halogens is 1. The lowest BCUT2D eigenvalue weighted by atomic mass is 10.3. The summed E-state index contributed by atoms with van der Waals surface area (Å²) in [5, 5.41) is 13.7. The van der Waals surface area contributed by atoms with Crippen LogP contribution >= 0.6 is 27.7 Å². The van der Waals surface area contributed by atoms with E-state index in [-0.39, 0.29) is 5.69 Å². The quantitative estimate of drug-likeness (QED) is 0.500. The van der Waals surface area contributed by atoms with Gasteiger partial charge in [0.15, 0.2) is 0 Å². The third kappa shape index (κ3) is 3.37. The van der Waals surface area contributed by atoms with E-state index in [0.717, 1.165) is 4.90 Å². The highest BCUT2D eigenvalue weighted by molar-refractivity contribution is 9.10. The molecule has 102 valence electrons. The van der Waals surface area contributed by atoms with Gasteiger partial charge in [0.05, 0.1) is 15.5 Å². The first-order chi connectivity index (χ1) is 9.61. The van der Waals surface area contributed by atoms with Crippen molar-refractivity contribution in [3.63, 3.8) is 0 Å². The Bertz CT molecular complexity index is 664. The number of carbonyl (C=O) groups is 1. The van der Waals surface area contributed by atoms with Crippen molar-refractivity contribution in [3.8, 4) is 0 Å². The number of nitrogens with one attached hydrogen (secondary N) is 1. The molecule has 2 aromatic rings. The second-order valence-corrected chi connectivity index (χ2v) is 5.73. The van der Waals surface area contributed by atoms with E-state index in [9.17, 15) is 14.9 Å². The zero-order valence-electron chi connectivity index (χ0n) is 10.1. The van der Waals surface area contributed by atoms with Crippen molar-refractivity contribution in [2.75, 3.05) is 5.32 Å². The highest BCUT2D eigenvalue weighted by Gasteiger charge is 2.16. The van der Waals surface area contributed by atoms with Crippen LogP contribution in [-0.4, -0.2) is 11.3 Å². The zero-order chi connectivity index (χ0) is 14.5. The van der Waals surface area contributed by atoms with Crippen LogP contribution in [0.25, 0.3) is 0 Å². The molecule has 0 unspecified atom stereocenters. The highest BCUT2D eigenvalue weighted by atomic mass is 79.9. The van der Waals surface area contributed by atoms with Crippen molar-refractivity contribution in [3.05, 3.63) is 57.1 Å². The number of nitro benzene ring substituents is 1. The molecule has 0 saturated carbocycles. The Labute approximate surface area is 127 Å². The Morgan fingerprint density at radius 3 is 2.65 bits per heavy atom. The van der Waals surface area contributed by atoms with Crippen molar-refractivity contribution >= 4 is 45.5 Å². The average molecular weight is 353 g/mol. The Hall–Kier alpha value is -1.86. The summed E-state index contributed by atoms with van der Waals surface area (Å²) < 4.78 is 0.646. The van der Waals surface area contributed by atoms with Crippen molar-refractivity contribution in [1.29, 1.82) is 0 Å². The van der Waals surface area contributed by atoms with Gasteiger partial charge in [-0.05, 0) is 24.3 Å². The Balaban J connectivity index is 2.40. The fourth-order valence-electron chi connectivity index (χ4n) is 1.58. The molecule has 0 bridgehead atoms. The van der Waals surface area contributed by atoms with Crippen LogP contribution in [0.3, 0.4) is 0 Å². The van der Waals surface area contributed by atoms with E-state index in [1.54, 1.807) is 30.3 Å². The summed E-state index contributed by atoms with van der Waals surface area (Å²) in [7, 11) is 0. The maximum atomic E-state index is 11.1. The predicted molar refractivity (Wildman–Crippen MR) is 81.0 cm³/mol. The lowest BCUT2D eigenvalue weighted by Gasteiger charge is -2.08. The summed E-state index contributed by atoms with van der Waals surface area (Å²) in [4.78, 5) is 22.5. The number of para-hydroxylation sites is 1. The second kappa shape index (κ2) is 6.53. The molecule has 0 aliphatic heterocycles. The molecule has 5 nitrogen and oxygen atoms in total. The van der Waals surface area contributed by atoms with E-state index >= 15 is 0 Å². The number of nitro groups is 1. The monoisotopic (exact) mass is 352 g/mol. The molecule has 0 aliphatic carbocycles. The number of nitrogens with zero attached hydrogens (tertiary/aromatic N) is 1. The molecule has 1 amide bonds. The van der Waals surface area contributed by atoms with E-state index in [4.69, 9.17) is 0 Å². The van der Waals surface area contributed by atoms with E-state index in [0.29, 0.717) is 21.5 Å². The number of benzene rings is 2. The van der Waals surface area contributed by atoms with Gasteiger partial charge in [-0.2, -0.15) is 0 Å². The Morgan fingerprint density at radius 2 is 1.95 bits per heavy atom. The molecule has 0 atom stereocenters. The summed E-state index contributed by atoms with van der Waals surface area (Å²) in [5.41, 5.74) is 0.634. The molecule has 7 heteroatoms. The molecule has 0 fully saturated rings. The SMILES string of the molecule is O=CNc1ccccc1Sc1ccc(Br)cc1[N+](=O)[O-]. The number of amides is 1. The number of hydrogen-bond acceptors (Lipinski definition) is 4. The molecule has 0 aromatic heterocycles. The minimum atomic E-state index is -0.428. The van der Waals surface area contributed by atoms with Gasteiger partial charge in [-0.25, -0.2) is 0 Å². The van der Waals surface area contributed by atoms with Gasteiger partial charge in [-0.15, -0.1) is 0 Å². The minimum Gasteiger partial charge on any atom is -0.328 e. The van der Waals surface area contributed by atoms with Crippen molar-refractivity contribution in [1.82, 2.24) is 0 Å². The van der Waals surface area contributed by atoms with Crippen LogP contribution in [-0.2, 0) is 4.79 Å². The second-order valence-electron chi connectivity index (χ2n) is 3.73. The standard InChI is InChI=1S/C13H9BrN2O3S/c14-9-5-6-13(11(7-9)16(18)19)20-12-4-2-1-3-10(12)15-8-17/h1-8H,(H,15,17). The van der Waals surface area contributed by atoms with Crippen LogP contribution in [0.4, 0.5) is 11.4 Å². The van der Waals surface area contributed by atoms with Gasteiger partial charge >= 0.3 is 0 Å². The fourth-order valence-corrected chi connectivity index (χ4v) is 2.92. The van der Waals surface area contributed by atoms with Gasteiger partial charge in [-0.1, -0.05) is 39.8 Å². The van der Waals surface area contributed by atoms with Crippen molar-refractivity contribution < 1.29 is 9.72 Å². The van der Waals surface area contributed by atoms with Crippen LogP contribution in [0.2, 0.25) is 0 Å². The summed E-state index contributed by atoms with van der Waals surface area (Å²) in [5.74, 6) is 0. The molecular weight excluding hydrogens is 344 g/mol. The maximum Gasteiger partial charge on any atom is 0.284 e. The first-order valence-corrected chi connectivity index (χ1v) is 7.14.